The van der Waals surface area contributed by atoms with E-state index < -0.39 is 6.04 Å². The maximum Gasteiger partial charge on any atom is 0.258 e. The zero-order chi connectivity index (χ0) is 28.2. The van der Waals surface area contributed by atoms with Gasteiger partial charge in [0.05, 0.1) is 30.4 Å². The lowest BCUT2D eigenvalue weighted by Crippen LogP contribution is -2.47. The van der Waals surface area contributed by atoms with Gasteiger partial charge in [0, 0.05) is 37.7 Å². The molecule has 0 aliphatic carbocycles. The number of aliphatic hydroxyl groups is 1. The zero-order valence-electron chi connectivity index (χ0n) is 24.5. The summed E-state index contributed by atoms with van der Waals surface area (Å²) in [6.45, 7) is 8.44. The largest absolute Gasteiger partial charge is 0.490 e. The van der Waals surface area contributed by atoms with Crippen LogP contribution in [0.3, 0.4) is 0 Å². The van der Waals surface area contributed by atoms with Crippen LogP contribution in [0.1, 0.15) is 63.2 Å². The quantitative estimate of drug-likeness (QED) is 0.502. The van der Waals surface area contributed by atoms with Crippen molar-refractivity contribution in [3.8, 4) is 5.75 Å². The fourth-order valence-corrected chi connectivity index (χ4v) is 4.60. The Hall–Kier alpha value is -2.20. The Bertz CT molecular complexity index is 879. The number of rotatable bonds is 9. The normalized spacial score (nSPS) is 22.5. The number of benzene rings is 1. The molecule has 9 nitrogen and oxygen atoms in total. The number of ether oxygens (including phenoxy) is 2. The minimum absolute atomic E-state index is 0.0427. The van der Waals surface area contributed by atoms with Crippen molar-refractivity contribution in [1.82, 2.24) is 14.7 Å². The van der Waals surface area contributed by atoms with E-state index in [9.17, 15) is 14.7 Å². The fourth-order valence-electron chi connectivity index (χ4n) is 4.60. The van der Waals surface area contributed by atoms with E-state index in [-0.39, 0.29) is 36.5 Å². The third-order valence-electron chi connectivity index (χ3n) is 6.89. The first-order chi connectivity index (χ1) is 18.0. The van der Waals surface area contributed by atoms with Crippen molar-refractivity contribution in [1.29, 1.82) is 0 Å². The van der Waals surface area contributed by atoms with Gasteiger partial charge in [-0.15, -0.1) is 0 Å². The van der Waals surface area contributed by atoms with Crippen molar-refractivity contribution < 1.29 is 24.2 Å². The Labute approximate surface area is 229 Å². The molecule has 4 atom stereocenters. The number of hydrogen-bond donors (Lipinski definition) is 2. The van der Waals surface area contributed by atoms with Crippen LogP contribution in [0.4, 0.5) is 5.69 Å². The number of anilines is 1. The third-order valence-corrected chi connectivity index (χ3v) is 6.89. The van der Waals surface area contributed by atoms with Gasteiger partial charge in [-0.1, -0.05) is 6.92 Å². The summed E-state index contributed by atoms with van der Waals surface area (Å²) in [6.07, 6.45) is 3.75. The van der Waals surface area contributed by atoms with E-state index in [1.807, 2.05) is 46.9 Å². The monoisotopic (exact) mass is 534 g/mol. The second kappa shape index (κ2) is 16.0. The van der Waals surface area contributed by atoms with Gasteiger partial charge in [0.25, 0.3) is 5.91 Å². The van der Waals surface area contributed by atoms with Crippen molar-refractivity contribution in [2.45, 2.75) is 71.1 Å². The SMILES string of the molecule is C[C@@H]1CCCCO[C@@H](CN(C)C)[C@@H](C)CN([C@H](C)CO)C(=O)c2cc(NC(=O)CCCN(C)C)ccc2O1. The molecule has 2 rings (SSSR count). The molecule has 0 unspecified atom stereocenters. The van der Waals surface area contributed by atoms with Crippen LogP contribution in [0.25, 0.3) is 0 Å². The summed E-state index contributed by atoms with van der Waals surface area (Å²) in [4.78, 5) is 32.4. The highest BCUT2D eigenvalue weighted by atomic mass is 16.5. The highest BCUT2D eigenvalue weighted by molar-refractivity contribution is 5.99. The van der Waals surface area contributed by atoms with Gasteiger partial charge < -0.3 is 34.6 Å². The van der Waals surface area contributed by atoms with Crippen molar-refractivity contribution >= 4 is 17.5 Å². The van der Waals surface area contributed by atoms with Gasteiger partial charge in [-0.05, 0) is 92.5 Å². The number of likely N-dealkylation sites (N-methyl/N-ethyl adjacent to an activating group) is 1. The van der Waals surface area contributed by atoms with Gasteiger partial charge in [0.15, 0.2) is 0 Å². The van der Waals surface area contributed by atoms with Crippen LogP contribution in [0.5, 0.6) is 5.75 Å². The van der Waals surface area contributed by atoms with E-state index in [1.54, 1.807) is 23.1 Å². The number of carbonyl (C=O) groups excluding carboxylic acids is 2. The van der Waals surface area contributed by atoms with E-state index in [4.69, 9.17) is 9.47 Å². The summed E-state index contributed by atoms with van der Waals surface area (Å²) < 4.78 is 12.5. The number of carbonyl (C=O) groups is 2. The highest BCUT2D eigenvalue weighted by Crippen LogP contribution is 2.28. The number of amides is 2. The first-order valence-electron chi connectivity index (χ1n) is 13.9. The van der Waals surface area contributed by atoms with Crippen molar-refractivity contribution in [2.24, 2.45) is 5.92 Å². The molecule has 216 valence electrons. The van der Waals surface area contributed by atoms with Crippen LogP contribution in [0.15, 0.2) is 18.2 Å². The lowest BCUT2D eigenvalue weighted by molar-refractivity contribution is -0.116. The predicted molar refractivity (Wildman–Crippen MR) is 152 cm³/mol. The number of aliphatic hydroxyl groups excluding tert-OH is 1. The first-order valence-corrected chi connectivity index (χ1v) is 13.9. The summed E-state index contributed by atoms with van der Waals surface area (Å²) in [5.41, 5.74) is 0.945. The second-order valence-electron chi connectivity index (χ2n) is 11.2. The van der Waals surface area contributed by atoms with Gasteiger partial charge in [0.2, 0.25) is 5.91 Å². The Kier molecular flexibility index (Phi) is 13.5. The number of nitrogens with one attached hydrogen (secondary N) is 1. The molecular formula is C29H50N4O5. The molecule has 38 heavy (non-hydrogen) atoms. The van der Waals surface area contributed by atoms with E-state index in [0.717, 1.165) is 38.8 Å². The standard InChI is InChI=1S/C29H50N4O5/c1-21-18-33(22(2)20-34)29(36)25-17-24(30-28(35)12-10-15-31(4)5)13-14-26(25)38-23(3)11-8-9-16-37-27(21)19-32(6)7/h13-14,17,21-23,27,34H,8-12,15-16,18-20H2,1-7H3,(H,30,35)/t21-,22+,23+,27-/m0/s1. The summed E-state index contributed by atoms with van der Waals surface area (Å²) in [7, 11) is 8.00. The maximum absolute atomic E-state index is 14.0. The molecule has 0 aromatic heterocycles. The van der Waals surface area contributed by atoms with Gasteiger partial charge in [-0.2, -0.15) is 0 Å². The van der Waals surface area contributed by atoms with Gasteiger partial charge >= 0.3 is 0 Å². The van der Waals surface area contributed by atoms with Crippen LogP contribution >= 0.6 is 0 Å². The summed E-state index contributed by atoms with van der Waals surface area (Å²) in [5, 5.41) is 13.0. The van der Waals surface area contributed by atoms with E-state index >= 15 is 0 Å². The molecule has 0 saturated carbocycles. The van der Waals surface area contributed by atoms with Crippen LogP contribution in [-0.4, -0.2) is 111 Å². The van der Waals surface area contributed by atoms with Gasteiger partial charge in [-0.25, -0.2) is 0 Å². The number of hydrogen-bond acceptors (Lipinski definition) is 7. The molecule has 1 aliphatic rings. The molecule has 0 spiro atoms. The predicted octanol–water partition coefficient (Wildman–Crippen LogP) is 3.32. The molecule has 0 fully saturated rings. The lowest BCUT2D eigenvalue weighted by atomic mass is 10.0. The molecule has 2 amide bonds. The van der Waals surface area contributed by atoms with Crippen molar-refractivity contribution in [2.75, 3.05) is 66.4 Å². The maximum atomic E-state index is 14.0. The molecule has 9 heteroatoms. The van der Waals surface area contributed by atoms with Crippen LogP contribution < -0.4 is 10.1 Å². The topological polar surface area (TPSA) is 94.6 Å². The first kappa shape index (κ1) is 32.0. The molecular weight excluding hydrogens is 484 g/mol. The van der Waals surface area contributed by atoms with E-state index in [0.29, 0.717) is 36.6 Å². The van der Waals surface area contributed by atoms with Crippen LogP contribution in [-0.2, 0) is 9.53 Å². The smallest absolute Gasteiger partial charge is 0.258 e. The second-order valence-corrected chi connectivity index (χ2v) is 11.2. The Morgan fingerprint density at radius 1 is 1.18 bits per heavy atom. The van der Waals surface area contributed by atoms with Crippen molar-refractivity contribution in [3.63, 3.8) is 0 Å². The van der Waals surface area contributed by atoms with E-state index in [2.05, 4.69) is 17.1 Å². The molecule has 1 aliphatic heterocycles. The third kappa shape index (κ3) is 10.5. The van der Waals surface area contributed by atoms with Crippen LogP contribution in [0, 0.1) is 5.92 Å². The Morgan fingerprint density at radius 2 is 1.92 bits per heavy atom. The summed E-state index contributed by atoms with van der Waals surface area (Å²) in [5.74, 6) is 0.215. The van der Waals surface area contributed by atoms with Gasteiger partial charge in [-0.3, -0.25) is 9.59 Å². The van der Waals surface area contributed by atoms with Crippen molar-refractivity contribution in [3.05, 3.63) is 23.8 Å². The summed E-state index contributed by atoms with van der Waals surface area (Å²) in [6, 6.07) is 4.87. The molecule has 0 saturated heterocycles. The van der Waals surface area contributed by atoms with E-state index in [1.165, 1.54) is 0 Å². The lowest BCUT2D eigenvalue weighted by Gasteiger charge is -2.35. The number of nitrogens with zero attached hydrogens (tertiary/aromatic N) is 3. The molecule has 1 aromatic rings. The molecule has 1 aromatic carbocycles. The zero-order valence-corrected chi connectivity index (χ0v) is 24.5. The Morgan fingerprint density at radius 3 is 2.58 bits per heavy atom. The molecule has 0 radical (unpaired) electrons. The highest BCUT2D eigenvalue weighted by Gasteiger charge is 2.30. The molecule has 2 N–H and O–H groups in total. The fraction of sp³-hybridized carbons (Fsp3) is 0.724. The average Bonchev–Trinajstić information content (AvgIpc) is 2.85. The number of fused-ring (bicyclic) bond motifs is 1. The molecule has 1 heterocycles. The van der Waals surface area contributed by atoms with Crippen LogP contribution in [0.2, 0.25) is 0 Å². The molecule has 0 bridgehead atoms. The Balaban J connectivity index is 2.40. The minimum atomic E-state index is -0.396. The minimum Gasteiger partial charge on any atom is -0.490 e. The summed E-state index contributed by atoms with van der Waals surface area (Å²) >= 11 is 0. The average molecular weight is 535 g/mol. The van der Waals surface area contributed by atoms with Gasteiger partial charge in [0.1, 0.15) is 5.75 Å².